The number of halogens is 1. The molecule has 0 saturated heterocycles. The van der Waals surface area contributed by atoms with Crippen LogP contribution < -0.4 is 5.32 Å². The molecule has 0 bridgehead atoms. The van der Waals surface area contributed by atoms with E-state index in [9.17, 15) is 24.9 Å². The number of amides is 1. The summed E-state index contributed by atoms with van der Waals surface area (Å²) in [4.78, 5) is 29.3. The highest BCUT2D eigenvalue weighted by Crippen LogP contribution is 2.34. The van der Waals surface area contributed by atoms with Gasteiger partial charge in [-0.05, 0) is 71.8 Å². The minimum absolute atomic E-state index is 0.148. The number of phenolic OH excluding ortho intramolecular Hbond substituents is 2. The number of carboxylic acid groups (broad SMARTS) is 1. The Balaban J connectivity index is 1.46. The third-order valence-electron chi connectivity index (χ3n) is 6.45. The molecule has 0 fully saturated rings. The number of nitrogens with zero attached hydrogens (tertiary/aromatic N) is 2. The van der Waals surface area contributed by atoms with Crippen LogP contribution in [0, 0.1) is 13.8 Å². The number of phenols is 2. The van der Waals surface area contributed by atoms with Crippen molar-refractivity contribution in [1.82, 2.24) is 13.4 Å². The van der Waals surface area contributed by atoms with Crippen molar-refractivity contribution in [1.29, 1.82) is 0 Å². The van der Waals surface area contributed by atoms with E-state index in [1.807, 2.05) is 67.0 Å². The zero-order chi connectivity index (χ0) is 25.3. The van der Waals surface area contributed by atoms with Gasteiger partial charge in [0.2, 0.25) is 5.91 Å². The van der Waals surface area contributed by atoms with E-state index in [1.54, 1.807) is 9.31 Å². The number of nitrogens with one attached hydrogen (secondary N) is 1. The molecule has 8 nitrogen and oxygen atoms in total. The van der Waals surface area contributed by atoms with Gasteiger partial charge in [-0.15, -0.1) is 0 Å². The molecule has 1 aromatic heterocycles. The first kappa shape index (κ1) is 24.9. The molecular weight excluding hydrogens is 561 g/mol. The second kappa shape index (κ2) is 10.2. The first-order chi connectivity index (χ1) is 16.6. The molecule has 1 amide bonds. The van der Waals surface area contributed by atoms with Crippen molar-refractivity contribution < 1.29 is 24.9 Å². The van der Waals surface area contributed by atoms with Crippen molar-refractivity contribution in [2.24, 2.45) is 0 Å². The number of aromatic nitrogens is 1. The Morgan fingerprint density at radius 3 is 2.43 bits per heavy atom. The molecule has 1 aliphatic heterocycles. The third-order valence-corrected chi connectivity index (χ3v) is 7.46. The Morgan fingerprint density at radius 2 is 1.77 bits per heavy atom. The molecule has 2 aromatic carbocycles. The minimum Gasteiger partial charge on any atom is -0.504 e. The van der Waals surface area contributed by atoms with Crippen LogP contribution in [-0.2, 0) is 29.0 Å². The Hall–Kier alpha value is -3.18. The van der Waals surface area contributed by atoms with E-state index in [1.165, 1.54) is 12.1 Å². The van der Waals surface area contributed by atoms with Gasteiger partial charge >= 0.3 is 5.97 Å². The number of aryl methyl sites for hydroxylation is 1. The van der Waals surface area contributed by atoms with Crippen molar-refractivity contribution in [3.8, 4) is 22.6 Å². The fourth-order valence-corrected chi connectivity index (χ4v) is 5.10. The van der Waals surface area contributed by atoms with Gasteiger partial charge in [0.05, 0.1) is 0 Å². The molecule has 4 rings (SSSR count). The number of carbonyl (C=O) groups excluding carboxylic acids is 1. The lowest BCUT2D eigenvalue weighted by molar-refractivity contribution is -0.142. The van der Waals surface area contributed by atoms with Crippen LogP contribution in [0.2, 0.25) is 0 Å². The number of carboxylic acids is 1. The lowest BCUT2D eigenvalue weighted by Crippen LogP contribution is -2.51. The van der Waals surface area contributed by atoms with Crippen LogP contribution in [0.3, 0.4) is 0 Å². The smallest absolute Gasteiger partial charge is 0.326 e. The second-order valence-corrected chi connectivity index (χ2v) is 10.00. The maximum Gasteiger partial charge on any atom is 0.326 e. The number of hydrogen-bond donors (Lipinski definition) is 4. The maximum absolute atomic E-state index is 13.0. The van der Waals surface area contributed by atoms with Gasteiger partial charge < -0.3 is 20.6 Å². The summed E-state index contributed by atoms with van der Waals surface area (Å²) in [6.07, 6.45) is 2.21. The maximum atomic E-state index is 13.0. The van der Waals surface area contributed by atoms with Gasteiger partial charge in [-0.3, -0.25) is 9.78 Å². The quantitative estimate of drug-likeness (QED) is 0.197. The second-order valence-electron chi connectivity index (χ2n) is 8.76. The Kier molecular flexibility index (Phi) is 7.27. The third kappa shape index (κ3) is 5.40. The van der Waals surface area contributed by atoms with E-state index in [0.717, 1.165) is 39.1 Å². The highest BCUT2D eigenvalue weighted by atomic mass is 127. The first-order valence-electron chi connectivity index (χ1n) is 11.1. The van der Waals surface area contributed by atoms with E-state index in [4.69, 9.17) is 0 Å². The van der Waals surface area contributed by atoms with Crippen LogP contribution in [0.4, 0.5) is 0 Å². The highest BCUT2D eigenvalue weighted by molar-refractivity contribution is 14.1. The van der Waals surface area contributed by atoms with Gasteiger partial charge in [-0.1, -0.05) is 24.3 Å². The van der Waals surface area contributed by atoms with Gasteiger partial charge in [-0.25, -0.2) is 7.91 Å². The molecule has 0 unspecified atom stereocenters. The summed E-state index contributed by atoms with van der Waals surface area (Å²) in [5.74, 6) is -1.96. The summed E-state index contributed by atoms with van der Waals surface area (Å²) in [7, 11) is 0. The zero-order valence-corrected chi connectivity index (χ0v) is 21.5. The van der Waals surface area contributed by atoms with Crippen molar-refractivity contribution in [3.63, 3.8) is 0 Å². The molecule has 0 saturated carbocycles. The molecule has 2 atom stereocenters. The van der Waals surface area contributed by atoms with E-state index >= 15 is 0 Å². The summed E-state index contributed by atoms with van der Waals surface area (Å²) in [5, 5.41) is 32.0. The fraction of sp³-hybridized carbons (Fsp3) is 0.269. The minimum atomic E-state index is -1.11. The van der Waals surface area contributed by atoms with Crippen molar-refractivity contribution in [3.05, 3.63) is 76.6 Å². The lowest BCUT2D eigenvalue weighted by Gasteiger charge is -2.32. The molecular formula is C26H26IN3O5. The lowest BCUT2D eigenvalue weighted by atomic mass is 9.94. The monoisotopic (exact) mass is 587 g/mol. The largest absolute Gasteiger partial charge is 0.504 e. The topological polar surface area (TPSA) is 123 Å². The van der Waals surface area contributed by atoms with Crippen molar-refractivity contribution in [2.45, 2.75) is 45.3 Å². The van der Waals surface area contributed by atoms with Gasteiger partial charge in [0.25, 0.3) is 0 Å². The number of fused-ring (bicyclic) bond motifs is 1. The van der Waals surface area contributed by atoms with Crippen molar-refractivity contribution >= 4 is 34.7 Å². The summed E-state index contributed by atoms with van der Waals surface area (Å²) < 4.78 is 1.78. The van der Waals surface area contributed by atoms with Crippen LogP contribution in [0.1, 0.15) is 27.9 Å². The van der Waals surface area contributed by atoms with Gasteiger partial charge in [-0.2, -0.15) is 0 Å². The number of rotatable bonds is 6. The summed E-state index contributed by atoms with van der Waals surface area (Å²) in [6, 6.07) is 10.9. The molecule has 182 valence electrons. The standard InChI is InChI=1S/C26H26IN3O5/c1-14-15(2)28-8-7-20(14)17-5-3-16(4-6-17)9-21(26(34)35)29-25(33)22-10-18-11-23(31)24(32)12-19(18)13-30(22)27/h3-8,11-12,21-22,31-32H,9-10,13H2,1-2H3,(H,29,33)(H,34,35)/t21-,22-/m0/s1. The Bertz CT molecular complexity index is 1280. The average molecular weight is 587 g/mol. The molecule has 9 heteroatoms. The molecule has 0 aliphatic carbocycles. The molecule has 3 aromatic rings. The number of hydrogen-bond acceptors (Lipinski definition) is 6. The molecule has 1 aliphatic rings. The van der Waals surface area contributed by atoms with Crippen LogP contribution >= 0.6 is 22.9 Å². The van der Waals surface area contributed by atoms with Crippen LogP contribution in [0.15, 0.2) is 48.7 Å². The summed E-state index contributed by atoms with van der Waals surface area (Å²) in [6.45, 7) is 4.36. The summed E-state index contributed by atoms with van der Waals surface area (Å²) >= 11 is 2.03. The van der Waals surface area contributed by atoms with Crippen LogP contribution in [0.5, 0.6) is 11.5 Å². The summed E-state index contributed by atoms with van der Waals surface area (Å²) in [5.41, 5.74) is 6.50. The highest BCUT2D eigenvalue weighted by Gasteiger charge is 2.33. The molecule has 2 heterocycles. The fourth-order valence-electron chi connectivity index (χ4n) is 4.28. The van der Waals surface area contributed by atoms with E-state index in [2.05, 4.69) is 10.3 Å². The average Bonchev–Trinajstić information content (AvgIpc) is 2.81. The van der Waals surface area contributed by atoms with E-state index < -0.39 is 24.0 Å². The van der Waals surface area contributed by atoms with E-state index in [-0.39, 0.29) is 17.9 Å². The van der Waals surface area contributed by atoms with Crippen molar-refractivity contribution in [2.75, 3.05) is 0 Å². The molecule has 4 N–H and O–H groups in total. The number of aromatic hydroxyl groups is 2. The normalized spacial score (nSPS) is 16.4. The molecule has 0 radical (unpaired) electrons. The van der Waals surface area contributed by atoms with Gasteiger partial charge in [0.1, 0.15) is 12.1 Å². The Morgan fingerprint density at radius 1 is 1.11 bits per heavy atom. The van der Waals surface area contributed by atoms with Gasteiger partial charge in [0, 0.05) is 47.7 Å². The number of carbonyl (C=O) groups is 2. The SMILES string of the molecule is Cc1nccc(-c2ccc(C[C@H](NC(=O)[C@@H]3Cc4cc(O)c(O)cc4CN3I)C(=O)O)cc2)c1C. The van der Waals surface area contributed by atoms with E-state index in [0.29, 0.717) is 13.0 Å². The predicted molar refractivity (Wildman–Crippen MR) is 139 cm³/mol. The zero-order valence-electron chi connectivity index (χ0n) is 19.3. The predicted octanol–water partition coefficient (Wildman–Crippen LogP) is 3.67. The number of pyridine rings is 1. The van der Waals surface area contributed by atoms with Gasteiger partial charge in [0.15, 0.2) is 11.5 Å². The molecule has 0 spiro atoms. The molecule has 35 heavy (non-hydrogen) atoms. The number of benzene rings is 2. The Labute approximate surface area is 217 Å². The van der Waals surface area contributed by atoms with Crippen LogP contribution in [0.25, 0.3) is 11.1 Å². The number of aliphatic carboxylic acids is 1. The van der Waals surface area contributed by atoms with Crippen LogP contribution in [-0.4, -0.2) is 47.4 Å². The first-order valence-corrected chi connectivity index (χ1v) is 12.1.